The van der Waals surface area contributed by atoms with E-state index in [0.717, 1.165) is 17.0 Å². The standard InChI is InChI=1S/C30H41N7O6/c1-20-17-22(18-21(2)32-20)19-43-25-5-3-24(4-6-25)30(31)9-12-37(28(30)39)26(27(38)34-41)23-7-10-36(11-8-23)33-29(40)35-13-15-42-16-14-35/h3-6,17-18,23,26,41H,7-16,19,31H2,1-2H3,(H,33,40)(H,34,38). The summed E-state index contributed by atoms with van der Waals surface area (Å²) >= 11 is 0. The van der Waals surface area contributed by atoms with Gasteiger partial charge in [0.1, 0.15) is 23.9 Å². The van der Waals surface area contributed by atoms with Crippen molar-refractivity contribution in [3.63, 3.8) is 0 Å². The van der Waals surface area contributed by atoms with Gasteiger partial charge in [-0.25, -0.2) is 15.3 Å². The summed E-state index contributed by atoms with van der Waals surface area (Å²) in [5, 5.41) is 11.4. The Balaban J connectivity index is 1.20. The number of nitrogens with one attached hydrogen (secondary N) is 2. The smallest absolute Gasteiger partial charge is 0.332 e. The quantitative estimate of drug-likeness (QED) is 0.260. The summed E-state index contributed by atoms with van der Waals surface area (Å²) in [7, 11) is 0. The molecule has 0 bridgehead atoms. The van der Waals surface area contributed by atoms with Crippen LogP contribution in [0.15, 0.2) is 36.4 Å². The molecule has 3 aliphatic rings. The van der Waals surface area contributed by atoms with Crippen LogP contribution in [0.4, 0.5) is 4.79 Å². The number of nitrogens with two attached hydrogens (primary N) is 1. The molecule has 0 aliphatic carbocycles. The second kappa shape index (κ2) is 13.2. The number of morpholine rings is 1. The monoisotopic (exact) mass is 595 g/mol. The average molecular weight is 596 g/mol. The molecule has 13 heteroatoms. The summed E-state index contributed by atoms with van der Waals surface area (Å²) < 4.78 is 11.3. The Hall–Kier alpha value is -3.78. The molecule has 4 amide bonds. The number of rotatable bonds is 8. The molecule has 5 N–H and O–H groups in total. The van der Waals surface area contributed by atoms with Gasteiger partial charge in [-0.2, -0.15) is 0 Å². The van der Waals surface area contributed by atoms with Crippen molar-refractivity contribution >= 4 is 17.8 Å². The number of benzene rings is 1. The highest BCUT2D eigenvalue weighted by atomic mass is 16.5. The lowest BCUT2D eigenvalue weighted by atomic mass is 9.87. The highest BCUT2D eigenvalue weighted by Gasteiger charge is 2.50. The highest BCUT2D eigenvalue weighted by Crippen LogP contribution is 2.36. The molecule has 0 spiro atoms. The minimum Gasteiger partial charge on any atom is -0.489 e. The van der Waals surface area contributed by atoms with E-state index in [-0.39, 0.29) is 24.4 Å². The number of aromatic nitrogens is 1. The van der Waals surface area contributed by atoms with Crippen LogP contribution in [0.25, 0.3) is 0 Å². The Kier molecular flexibility index (Phi) is 9.45. The molecule has 5 rings (SSSR count). The number of hydrazine groups is 1. The number of hydroxylamine groups is 1. The van der Waals surface area contributed by atoms with Gasteiger partial charge in [-0.15, -0.1) is 0 Å². The normalized spacial score (nSPS) is 22.4. The molecular formula is C30H41N7O6. The van der Waals surface area contributed by atoms with Crippen molar-refractivity contribution in [2.24, 2.45) is 11.7 Å². The van der Waals surface area contributed by atoms with Gasteiger partial charge in [0.15, 0.2) is 0 Å². The molecule has 0 radical (unpaired) electrons. The van der Waals surface area contributed by atoms with Gasteiger partial charge >= 0.3 is 6.03 Å². The van der Waals surface area contributed by atoms with Gasteiger partial charge in [0.05, 0.1) is 13.2 Å². The third-order valence-electron chi connectivity index (χ3n) is 8.56. The largest absolute Gasteiger partial charge is 0.489 e. The van der Waals surface area contributed by atoms with Gasteiger partial charge in [-0.3, -0.25) is 25.2 Å². The summed E-state index contributed by atoms with van der Waals surface area (Å²) in [6.45, 7) is 7.68. The second-order valence-electron chi connectivity index (χ2n) is 11.6. The lowest BCUT2D eigenvalue weighted by Crippen LogP contribution is -2.58. The molecule has 1 aromatic heterocycles. The molecule has 2 unspecified atom stereocenters. The number of aryl methyl sites for hydroxylation is 2. The second-order valence-corrected chi connectivity index (χ2v) is 11.6. The van der Waals surface area contributed by atoms with Gasteiger partial charge in [0, 0.05) is 44.1 Å². The Morgan fingerprint density at radius 2 is 1.74 bits per heavy atom. The molecule has 4 heterocycles. The first-order valence-corrected chi connectivity index (χ1v) is 14.8. The van der Waals surface area contributed by atoms with Crippen LogP contribution in [0.1, 0.15) is 41.8 Å². The van der Waals surface area contributed by atoms with E-state index in [1.807, 2.05) is 31.0 Å². The van der Waals surface area contributed by atoms with Crippen LogP contribution in [0.3, 0.4) is 0 Å². The van der Waals surface area contributed by atoms with E-state index in [2.05, 4.69) is 10.4 Å². The average Bonchev–Trinajstić information content (AvgIpc) is 3.31. The highest BCUT2D eigenvalue weighted by molar-refractivity contribution is 5.94. The number of amides is 4. The number of likely N-dealkylation sites (tertiary alicyclic amines) is 1. The van der Waals surface area contributed by atoms with Gasteiger partial charge in [-0.1, -0.05) is 12.1 Å². The van der Waals surface area contributed by atoms with E-state index in [0.29, 0.717) is 76.6 Å². The summed E-state index contributed by atoms with van der Waals surface area (Å²) in [6, 6.07) is 10.1. The molecule has 0 saturated carbocycles. The van der Waals surface area contributed by atoms with Crippen molar-refractivity contribution in [3.8, 4) is 5.75 Å². The molecule has 2 atom stereocenters. The number of hydrogen-bond donors (Lipinski definition) is 4. The molecular weight excluding hydrogens is 554 g/mol. The molecule has 2 aromatic rings. The number of carbonyl (C=O) groups is 3. The number of ether oxygens (including phenoxy) is 2. The molecule has 3 saturated heterocycles. The SMILES string of the molecule is Cc1cc(COc2ccc(C3(N)CCN(C(C(=O)NO)C4CCN(NC(=O)N5CCOCC5)CC4)C3=O)cc2)cc(C)n1. The third kappa shape index (κ3) is 6.90. The van der Waals surface area contributed by atoms with E-state index in [4.69, 9.17) is 15.2 Å². The van der Waals surface area contributed by atoms with Crippen molar-refractivity contribution in [1.82, 2.24) is 30.7 Å². The van der Waals surface area contributed by atoms with Crippen molar-refractivity contribution in [2.45, 2.75) is 51.3 Å². The van der Waals surface area contributed by atoms with Gasteiger partial charge in [0.2, 0.25) is 5.91 Å². The maximum absolute atomic E-state index is 13.8. The van der Waals surface area contributed by atoms with Crippen molar-refractivity contribution in [2.75, 3.05) is 45.9 Å². The summed E-state index contributed by atoms with van der Waals surface area (Å²) in [5.41, 5.74) is 13.6. The lowest BCUT2D eigenvalue weighted by Gasteiger charge is -2.39. The zero-order valence-corrected chi connectivity index (χ0v) is 24.8. The fourth-order valence-corrected chi connectivity index (χ4v) is 6.29. The van der Waals surface area contributed by atoms with Gasteiger partial charge < -0.3 is 25.0 Å². The lowest BCUT2D eigenvalue weighted by molar-refractivity contribution is -0.147. The number of urea groups is 1. The van der Waals surface area contributed by atoms with Crippen LogP contribution in [-0.2, 0) is 26.5 Å². The first-order chi connectivity index (χ1) is 20.7. The summed E-state index contributed by atoms with van der Waals surface area (Å²) in [4.78, 5) is 46.9. The number of hydrogen-bond acceptors (Lipinski definition) is 9. The Morgan fingerprint density at radius 3 is 2.37 bits per heavy atom. The minimum atomic E-state index is -1.31. The summed E-state index contributed by atoms with van der Waals surface area (Å²) in [6.07, 6.45) is 1.42. The maximum Gasteiger partial charge on any atom is 0.332 e. The van der Waals surface area contributed by atoms with Crippen LogP contribution in [-0.4, -0.2) is 94.8 Å². The van der Waals surface area contributed by atoms with Crippen LogP contribution in [0.5, 0.6) is 5.75 Å². The third-order valence-corrected chi connectivity index (χ3v) is 8.56. The van der Waals surface area contributed by atoms with Crippen LogP contribution >= 0.6 is 0 Å². The van der Waals surface area contributed by atoms with Gasteiger partial charge in [0.25, 0.3) is 5.91 Å². The fourth-order valence-electron chi connectivity index (χ4n) is 6.29. The number of pyridine rings is 1. The molecule has 43 heavy (non-hydrogen) atoms. The zero-order chi connectivity index (χ0) is 30.6. The molecule has 1 aromatic carbocycles. The first kappa shape index (κ1) is 30.7. The minimum absolute atomic E-state index is 0.173. The Labute approximate surface area is 251 Å². The molecule has 232 valence electrons. The van der Waals surface area contributed by atoms with Crippen molar-refractivity contribution in [3.05, 3.63) is 58.9 Å². The number of piperidine rings is 1. The molecule has 13 nitrogen and oxygen atoms in total. The van der Waals surface area contributed by atoms with E-state index >= 15 is 0 Å². The fraction of sp³-hybridized carbons (Fsp3) is 0.533. The number of nitrogens with zero attached hydrogens (tertiary/aromatic N) is 4. The topological polar surface area (TPSA) is 163 Å². The molecule has 3 fully saturated rings. The maximum atomic E-state index is 13.8. The molecule has 3 aliphatic heterocycles. The summed E-state index contributed by atoms with van der Waals surface area (Å²) in [5.74, 6) is -0.572. The van der Waals surface area contributed by atoms with E-state index in [1.54, 1.807) is 34.6 Å². The van der Waals surface area contributed by atoms with E-state index in [1.165, 1.54) is 4.90 Å². The van der Waals surface area contributed by atoms with Crippen LogP contribution < -0.4 is 21.4 Å². The van der Waals surface area contributed by atoms with E-state index < -0.39 is 17.5 Å². The zero-order valence-electron chi connectivity index (χ0n) is 24.8. The van der Waals surface area contributed by atoms with E-state index in [9.17, 15) is 19.6 Å². The van der Waals surface area contributed by atoms with Gasteiger partial charge in [-0.05, 0) is 74.4 Å². The van der Waals surface area contributed by atoms with Crippen molar-refractivity contribution < 1.29 is 29.1 Å². The predicted octanol–water partition coefficient (Wildman–Crippen LogP) is 1.21. The Morgan fingerprint density at radius 1 is 1.09 bits per heavy atom. The van der Waals surface area contributed by atoms with Crippen LogP contribution in [0.2, 0.25) is 0 Å². The first-order valence-electron chi connectivity index (χ1n) is 14.8. The Bertz CT molecular complexity index is 1290. The number of carbonyl (C=O) groups excluding carboxylic acids is 3. The van der Waals surface area contributed by atoms with Crippen LogP contribution in [0, 0.1) is 19.8 Å². The van der Waals surface area contributed by atoms with Crippen molar-refractivity contribution in [1.29, 1.82) is 0 Å². The predicted molar refractivity (Wildman–Crippen MR) is 156 cm³/mol.